The van der Waals surface area contributed by atoms with Crippen LogP contribution in [0.2, 0.25) is 0 Å². The van der Waals surface area contributed by atoms with Crippen LogP contribution in [0.15, 0.2) is 64.5 Å². The first-order chi connectivity index (χ1) is 23.3. The van der Waals surface area contributed by atoms with E-state index in [4.69, 9.17) is 17.2 Å². The van der Waals surface area contributed by atoms with Gasteiger partial charge in [0, 0.05) is 35.8 Å². The predicted molar refractivity (Wildman–Crippen MR) is 196 cm³/mol. The number of rotatable bonds is 12. The third-order valence-electron chi connectivity index (χ3n) is 8.10. The third kappa shape index (κ3) is 12.5. The van der Waals surface area contributed by atoms with E-state index in [0.717, 1.165) is 65.8 Å². The third-order valence-corrected chi connectivity index (χ3v) is 8.10. The second-order valence-corrected chi connectivity index (χ2v) is 14.6. The first-order valence-electron chi connectivity index (χ1n) is 16.9. The number of fused-ring (bicyclic) bond motifs is 1. The van der Waals surface area contributed by atoms with E-state index in [1.54, 1.807) is 4.57 Å². The van der Waals surface area contributed by atoms with E-state index >= 15 is 0 Å². The van der Waals surface area contributed by atoms with Crippen molar-refractivity contribution in [3.8, 4) is 11.4 Å². The Hall–Kier alpha value is -4.36. The Kier molecular flexibility index (Phi) is 13.7. The van der Waals surface area contributed by atoms with Gasteiger partial charge in [0.05, 0.1) is 5.69 Å². The summed E-state index contributed by atoms with van der Waals surface area (Å²) in [5.41, 5.74) is 20.8. The molecule has 2 aromatic heterocycles. The normalized spacial score (nSPS) is 12.7. The summed E-state index contributed by atoms with van der Waals surface area (Å²) >= 11 is 0. The number of ether oxygens (including phenoxy) is 1. The van der Waals surface area contributed by atoms with Gasteiger partial charge in [-0.15, -0.1) is 13.2 Å². The zero-order valence-electron chi connectivity index (χ0n) is 30.2. The van der Waals surface area contributed by atoms with Crippen molar-refractivity contribution in [2.24, 2.45) is 22.2 Å². The molecule has 2 heterocycles. The van der Waals surface area contributed by atoms with Crippen LogP contribution >= 0.6 is 0 Å². The van der Waals surface area contributed by atoms with Crippen LogP contribution in [0.3, 0.4) is 0 Å². The van der Waals surface area contributed by atoms with Crippen LogP contribution < -0.4 is 32.9 Å². The number of H-pyrrole nitrogens is 1. The second-order valence-electron chi connectivity index (χ2n) is 14.6. The Morgan fingerprint density at radius 3 is 2.26 bits per heavy atom. The number of alkyl halides is 3. The molecule has 4 rings (SSSR count). The van der Waals surface area contributed by atoms with E-state index in [9.17, 15) is 18.0 Å². The van der Waals surface area contributed by atoms with E-state index in [2.05, 4.69) is 51.9 Å². The lowest BCUT2D eigenvalue weighted by molar-refractivity contribution is -0.274. The molecule has 13 heteroatoms. The molecule has 0 saturated heterocycles. The van der Waals surface area contributed by atoms with E-state index in [-0.39, 0.29) is 34.1 Å². The minimum atomic E-state index is -4.67. The van der Waals surface area contributed by atoms with Crippen molar-refractivity contribution in [3.05, 3.63) is 87.6 Å². The van der Waals surface area contributed by atoms with Crippen molar-refractivity contribution in [1.82, 2.24) is 19.9 Å². The number of aliphatic imine (C=N–C) groups is 1. The van der Waals surface area contributed by atoms with Gasteiger partial charge in [0.15, 0.2) is 5.96 Å². The summed E-state index contributed by atoms with van der Waals surface area (Å²) in [6, 6.07) is 14.8. The monoisotopic (exact) mass is 698 g/mol. The molecule has 0 fully saturated rings. The minimum Gasteiger partial charge on any atom is -0.406 e. The predicted octanol–water partition coefficient (Wildman–Crippen LogP) is 6.49. The Labute approximate surface area is 292 Å². The number of hydrogen-bond acceptors (Lipinski definition) is 6. The van der Waals surface area contributed by atoms with Crippen molar-refractivity contribution >= 4 is 17.0 Å². The Morgan fingerprint density at radius 2 is 1.68 bits per heavy atom. The van der Waals surface area contributed by atoms with Crippen molar-refractivity contribution in [1.29, 1.82) is 0 Å². The van der Waals surface area contributed by atoms with Crippen LogP contribution in [-0.2, 0) is 17.4 Å². The van der Waals surface area contributed by atoms with Gasteiger partial charge in [-0.3, -0.25) is 9.56 Å². The SMILES string of the molecule is CC(C)(C)c1cc2cn(-c3ccc(CNCCCN=C(N)N)cc3)c(=O)nc2[nH]1.CC(CCCN)c1cc(OC(F)(F)F)cc(C(C)(C)C)c1. The van der Waals surface area contributed by atoms with E-state index in [1.165, 1.54) is 12.1 Å². The summed E-state index contributed by atoms with van der Waals surface area (Å²) < 4.78 is 43.1. The largest absolute Gasteiger partial charge is 0.573 e. The van der Waals surface area contributed by atoms with Gasteiger partial charge < -0.3 is 32.2 Å². The zero-order valence-corrected chi connectivity index (χ0v) is 30.2. The minimum absolute atomic E-state index is 0.0352. The standard InChI is InChI=1S/C21H29N7O.C16H24F3NO/c1-21(2,3)17-11-15-13-28(20(29)27-18(15)26-17)16-7-5-14(6-8-16)12-24-9-4-10-25-19(22)23;1-11(6-5-7-20)12-8-13(15(2,3)4)10-14(9-12)21-16(17,18)19/h5-8,11,13,24H,4,9-10,12H2,1-3H3,(H4,22,23,25)(H,26,27,29);8-11H,5-7,20H2,1-4H3. The van der Waals surface area contributed by atoms with Crippen LogP contribution in [-0.4, -0.2) is 46.5 Å². The molecule has 1 atom stereocenters. The number of nitrogens with two attached hydrogens (primary N) is 3. The van der Waals surface area contributed by atoms with Crippen molar-refractivity contribution in [2.45, 2.75) is 97.4 Å². The van der Waals surface area contributed by atoms with E-state index in [0.29, 0.717) is 18.7 Å². The molecule has 4 aromatic rings. The van der Waals surface area contributed by atoms with Gasteiger partial charge in [-0.05, 0) is 90.7 Å². The highest BCUT2D eigenvalue weighted by Gasteiger charge is 2.32. The molecule has 10 nitrogen and oxygen atoms in total. The number of aromatic amines is 1. The Morgan fingerprint density at radius 1 is 1.00 bits per heavy atom. The molecule has 1 unspecified atom stereocenters. The van der Waals surface area contributed by atoms with Gasteiger partial charge >= 0.3 is 12.1 Å². The first-order valence-corrected chi connectivity index (χ1v) is 16.9. The highest BCUT2D eigenvalue weighted by molar-refractivity contribution is 5.76. The Balaban J connectivity index is 0.000000286. The maximum Gasteiger partial charge on any atom is 0.573 e. The lowest BCUT2D eigenvalue weighted by Crippen LogP contribution is -2.23. The van der Waals surface area contributed by atoms with Crippen LogP contribution in [0.5, 0.6) is 5.75 Å². The summed E-state index contributed by atoms with van der Waals surface area (Å²) in [4.78, 5) is 23.9. The molecule has 0 spiro atoms. The molecule has 0 aliphatic rings. The van der Waals surface area contributed by atoms with Gasteiger partial charge in [0.1, 0.15) is 11.4 Å². The number of nitrogens with one attached hydrogen (secondary N) is 2. The average molecular weight is 699 g/mol. The van der Waals surface area contributed by atoms with Gasteiger partial charge in [-0.25, -0.2) is 4.79 Å². The molecule has 0 amide bonds. The molecule has 0 aliphatic carbocycles. The summed E-state index contributed by atoms with van der Waals surface area (Å²) in [6.07, 6.45) is -0.280. The average Bonchev–Trinajstić information content (AvgIpc) is 3.44. The van der Waals surface area contributed by atoms with Crippen LogP contribution in [0, 0.1) is 0 Å². The maximum absolute atomic E-state index is 12.5. The number of halogens is 3. The highest BCUT2D eigenvalue weighted by Crippen LogP contribution is 2.34. The molecular formula is C37H53F3N8O2. The smallest absolute Gasteiger partial charge is 0.406 e. The summed E-state index contributed by atoms with van der Waals surface area (Å²) in [6.45, 7) is 17.0. The first kappa shape index (κ1) is 40.1. The quantitative estimate of drug-likeness (QED) is 0.0642. The van der Waals surface area contributed by atoms with Crippen molar-refractivity contribution < 1.29 is 17.9 Å². The van der Waals surface area contributed by atoms with Crippen molar-refractivity contribution in [3.63, 3.8) is 0 Å². The van der Waals surface area contributed by atoms with Gasteiger partial charge in [-0.1, -0.05) is 66.7 Å². The molecule has 274 valence electrons. The molecule has 0 bridgehead atoms. The molecule has 2 aromatic carbocycles. The number of hydrogen-bond donors (Lipinski definition) is 5. The topological polar surface area (TPSA) is 162 Å². The molecule has 0 radical (unpaired) electrons. The molecule has 8 N–H and O–H groups in total. The lowest BCUT2D eigenvalue weighted by atomic mass is 9.84. The number of guanidine groups is 1. The van der Waals surface area contributed by atoms with Gasteiger partial charge in [0.25, 0.3) is 0 Å². The highest BCUT2D eigenvalue weighted by atomic mass is 19.4. The lowest BCUT2D eigenvalue weighted by Gasteiger charge is -2.23. The van der Waals surface area contributed by atoms with E-state index in [1.807, 2.05) is 64.2 Å². The number of benzene rings is 2. The number of aromatic nitrogens is 3. The van der Waals surface area contributed by atoms with Gasteiger partial charge in [-0.2, -0.15) is 4.98 Å². The molecular weight excluding hydrogens is 645 g/mol. The fraction of sp³-hybridized carbons (Fsp3) is 0.486. The summed E-state index contributed by atoms with van der Waals surface area (Å²) in [5.74, 6) is 0.119. The fourth-order valence-corrected chi connectivity index (χ4v) is 5.13. The molecule has 50 heavy (non-hydrogen) atoms. The van der Waals surface area contributed by atoms with Crippen LogP contribution in [0.25, 0.3) is 16.7 Å². The maximum atomic E-state index is 12.5. The fourth-order valence-electron chi connectivity index (χ4n) is 5.13. The van der Waals surface area contributed by atoms with Crippen LogP contribution in [0.4, 0.5) is 13.2 Å². The number of nitrogens with zero attached hydrogens (tertiary/aromatic N) is 3. The molecule has 0 saturated carbocycles. The zero-order chi connectivity index (χ0) is 37.3. The van der Waals surface area contributed by atoms with E-state index < -0.39 is 6.36 Å². The summed E-state index contributed by atoms with van der Waals surface area (Å²) in [5, 5.41) is 4.27. The Bertz CT molecular complexity index is 1760. The summed E-state index contributed by atoms with van der Waals surface area (Å²) in [7, 11) is 0. The van der Waals surface area contributed by atoms with Crippen LogP contribution in [0.1, 0.15) is 96.0 Å². The second kappa shape index (κ2) is 17.0. The van der Waals surface area contributed by atoms with Gasteiger partial charge in [0.2, 0.25) is 0 Å². The van der Waals surface area contributed by atoms with Crippen molar-refractivity contribution in [2.75, 3.05) is 19.6 Å². The molecule has 0 aliphatic heterocycles.